The van der Waals surface area contributed by atoms with Crippen LogP contribution in [0, 0.1) is 21.4 Å². The Hall–Kier alpha value is -0.810. The first kappa shape index (κ1) is 16.2. The minimum atomic E-state index is -0.485. The van der Waals surface area contributed by atoms with Crippen LogP contribution in [0.4, 0.5) is 5.69 Å². The van der Waals surface area contributed by atoms with E-state index in [0.29, 0.717) is 11.6 Å². The van der Waals surface area contributed by atoms with Crippen LogP contribution in [0.2, 0.25) is 5.02 Å². The summed E-state index contributed by atoms with van der Waals surface area (Å²) in [5, 5.41) is 12.0. The standard InChI is InChI=1S/C13H17BrClNO3/c1-13(2,3)9(7-14)8-19-12-5-4-10(15)6-11(12)16(17)18/h4-6,9H,7-8H2,1-3H3. The summed E-state index contributed by atoms with van der Waals surface area (Å²) < 4.78 is 5.60. The van der Waals surface area contributed by atoms with E-state index in [0.717, 1.165) is 5.33 Å². The summed E-state index contributed by atoms with van der Waals surface area (Å²) >= 11 is 9.21. The van der Waals surface area contributed by atoms with Crippen molar-refractivity contribution in [2.24, 2.45) is 11.3 Å². The second-order valence-electron chi connectivity index (χ2n) is 5.40. The smallest absolute Gasteiger partial charge is 0.312 e. The Labute approximate surface area is 126 Å². The number of alkyl halides is 1. The molecule has 0 radical (unpaired) electrons. The minimum absolute atomic E-state index is 0.0602. The van der Waals surface area contributed by atoms with Crippen molar-refractivity contribution in [2.45, 2.75) is 20.8 Å². The van der Waals surface area contributed by atoms with Gasteiger partial charge in [0.2, 0.25) is 0 Å². The predicted molar refractivity (Wildman–Crippen MR) is 80.3 cm³/mol. The molecule has 0 aliphatic carbocycles. The van der Waals surface area contributed by atoms with Gasteiger partial charge in [-0.25, -0.2) is 0 Å². The fourth-order valence-electron chi connectivity index (χ4n) is 1.47. The number of halogens is 2. The van der Waals surface area contributed by atoms with Gasteiger partial charge in [0.1, 0.15) is 0 Å². The maximum atomic E-state index is 10.9. The summed E-state index contributed by atoms with van der Waals surface area (Å²) in [6.07, 6.45) is 0. The Balaban J connectivity index is 2.86. The Morgan fingerprint density at radius 1 is 1.47 bits per heavy atom. The number of hydrogen-bond acceptors (Lipinski definition) is 3. The Morgan fingerprint density at radius 3 is 2.58 bits per heavy atom. The van der Waals surface area contributed by atoms with Gasteiger partial charge in [0, 0.05) is 22.3 Å². The van der Waals surface area contributed by atoms with Gasteiger partial charge in [-0.15, -0.1) is 0 Å². The quantitative estimate of drug-likeness (QED) is 0.440. The molecule has 0 N–H and O–H groups in total. The summed E-state index contributed by atoms with van der Waals surface area (Å²) in [5.41, 5.74) is -0.0419. The molecule has 1 rings (SSSR count). The molecule has 0 bridgehead atoms. The Bertz CT molecular complexity index is 460. The van der Waals surface area contributed by atoms with Crippen LogP contribution in [0.15, 0.2) is 18.2 Å². The number of nitrogens with zero attached hydrogens (tertiary/aromatic N) is 1. The lowest BCUT2D eigenvalue weighted by atomic mass is 9.83. The van der Waals surface area contributed by atoms with Crippen molar-refractivity contribution in [1.29, 1.82) is 0 Å². The molecule has 1 aromatic carbocycles. The maximum absolute atomic E-state index is 10.9. The molecule has 0 aliphatic heterocycles. The van der Waals surface area contributed by atoms with Crippen LogP contribution in [0.1, 0.15) is 20.8 Å². The van der Waals surface area contributed by atoms with E-state index in [1.54, 1.807) is 6.07 Å². The molecule has 19 heavy (non-hydrogen) atoms. The largest absolute Gasteiger partial charge is 0.486 e. The van der Waals surface area contributed by atoms with Crippen LogP contribution in [0.25, 0.3) is 0 Å². The Morgan fingerprint density at radius 2 is 2.11 bits per heavy atom. The van der Waals surface area contributed by atoms with Gasteiger partial charge in [0.05, 0.1) is 11.5 Å². The first-order chi connectivity index (χ1) is 8.75. The maximum Gasteiger partial charge on any atom is 0.312 e. The molecule has 0 spiro atoms. The number of nitro benzene ring substituents is 1. The van der Waals surface area contributed by atoms with E-state index >= 15 is 0 Å². The molecule has 0 aromatic heterocycles. The molecule has 106 valence electrons. The third kappa shape index (κ3) is 4.66. The van der Waals surface area contributed by atoms with Crippen molar-refractivity contribution in [3.8, 4) is 5.75 Å². The highest BCUT2D eigenvalue weighted by atomic mass is 79.9. The summed E-state index contributed by atoms with van der Waals surface area (Å²) in [6.45, 7) is 6.74. The molecule has 0 fully saturated rings. The fraction of sp³-hybridized carbons (Fsp3) is 0.538. The first-order valence-corrected chi connectivity index (χ1v) is 7.38. The molecule has 0 amide bonds. The fourth-order valence-corrected chi connectivity index (χ4v) is 2.80. The molecule has 4 nitrogen and oxygen atoms in total. The SMILES string of the molecule is CC(C)(C)C(CBr)COc1ccc(Cl)cc1[N+](=O)[O-]. The normalized spacial score (nSPS) is 13.1. The average molecular weight is 351 g/mol. The van der Waals surface area contributed by atoms with E-state index < -0.39 is 4.92 Å². The average Bonchev–Trinajstić information content (AvgIpc) is 2.29. The summed E-state index contributed by atoms with van der Waals surface area (Å²) in [6, 6.07) is 4.43. The number of benzene rings is 1. The lowest BCUT2D eigenvalue weighted by Gasteiger charge is -2.28. The van der Waals surface area contributed by atoms with Gasteiger partial charge in [-0.3, -0.25) is 10.1 Å². The lowest BCUT2D eigenvalue weighted by Crippen LogP contribution is -2.28. The van der Waals surface area contributed by atoms with Crippen LogP contribution < -0.4 is 4.74 Å². The molecule has 0 saturated heterocycles. The van der Waals surface area contributed by atoms with Crippen molar-refractivity contribution in [2.75, 3.05) is 11.9 Å². The van der Waals surface area contributed by atoms with E-state index in [1.165, 1.54) is 12.1 Å². The summed E-state index contributed by atoms with van der Waals surface area (Å²) in [5.74, 6) is 0.507. The molecule has 6 heteroatoms. The van der Waals surface area contributed by atoms with Crippen LogP contribution in [-0.4, -0.2) is 16.9 Å². The third-order valence-electron chi connectivity index (χ3n) is 2.97. The topological polar surface area (TPSA) is 52.4 Å². The number of rotatable bonds is 5. The van der Waals surface area contributed by atoms with Gasteiger partial charge >= 0.3 is 5.69 Å². The monoisotopic (exact) mass is 349 g/mol. The van der Waals surface area contributed by atoms with Gasteiger partial charge in [-0.05, 0) is 17.5 Å². The van der Waals surface area contributed by atoms with Gasteiger partial charge in [-0.1, -0.05) is 48.3 Å². The van der Waals surface area contributed by atoms with E-state index in [9.17, 15) is 10.1 Å². The van der Waals surface area contributed by atoms with Crippen molar-refractivity contribution < 1.29 is 9.66 Å². The van der Waals surface area contributed by atoms with Crippen LogP contribution >= 0.6 is 27.5 Å². The van der Waals surface area contributed by atoms with Gasteiger partial charge in [0.15, 0.2) is 5.75 Å². The van der Waals surface area contributed by atoms with E-state index in [4.69, 9.17) is 16.3 Å². The van der Waals surface area contributed by atoms with Gasteiger partial charge < -0.3 is 4.74 Å². The van der Waals surface area contributed by atoms with Crippen molar-refractivity contribution in [3.05, 3.63) is 33.3 Å². The molecule has 0 heterocycles. The lowest BCUT2D eigenvalue weighted by molar-refractivity contribution is -0.385. The minimum Gasteiger partial charge on any atom is -0.486 e. The number of nitro groups is 1. The number of ether oxygens (including phenoxy) is 1. The van der Waals surface area contributed by atoms with Gasteiger partial charge in [-0.2, -0.15) is 0 Å². The van der Waals surface area contributed by atoms with Crippen molar-refractivity contribution in [1.82, 2.24) is 0 Å². The zero-order valence-electron chi connectivity index (χ0n) is 11.2. The van der Waals surface area contributed by atoms with Gasteiger partial charge in [0.25, 0.3) is 0 Å². The molecule has 1 atom stereocenters. The summed E-state index contributed by atoms with van der Waals surface area (Å²) in [4.78, 5) is 10.5. The highest BCUT2D eigenvalue weighted by Gasteiger charge is 2.25. The van der Waals surface area contributed by atoms with E-state index in [-0.39, 0.29) is 22.8 Å². The highest BCUT2D eigenvalue weighted by Crippen LogP contribution is 2.33. The zero-order chi connectivity index (χ0) is 14.6. The van der Waals surface area contributed by atoms with Crippen LogP contribution in [0.3, 0.4) is 0 Å². The number of hydrogen-bond donors (Lipinski definition) is 0. The molecule has 1 unspecified atom stereocenters. The predicted octanol–water partition coefficient (Wildman–Crippen LogP) is 4.68. The summed E-state index contributed by atoms with van der Waals surface area (Å²) in [7, 11) is 0. The second-order valence-corrected chi connectivity index (χ2v) is 6.48. The molecule has 0 aliphatic rings. The zero-order valence-corrected chi connectivity index (χ0v) is 13.5. The van der Waals surface area contributed by atoms with E-state index in [2.05, 4.69) is 36.7 Å². The van der Waals surface area contributed by atoms with E-state index in [1.807, 2.05) is 0 Å². The highest BCUT2D eigenvalue weighted by molar-refractivity contribution is 9.09. The van der Waals surface area contributed by atoms with Crippen LogP contribution in [-0.2, 0) is 0 Å². The third-order valence-corrected chi connectivity index (χ3v) is 3.99. The second kappa shape index (κ2) is 6.57. The molecular weight excluding hydrogens is 334 g/mol. The Kier molecular flexibility index (Phi) is 5.62. The molecular formula is C13H17BrClNO3. The van der Waals surface area contributed by atoms with Crippen LogP contribution in [0.5, 0.6) is 5.75 Å². The van der Waals surface area contributed by atoms with Crippen molar-refractivity contribution >= 4 is 33.2 Å². The van der Waals surface area contributed by atoms with Crippen molar-refractivity contribution in [3.63, 3.8) is 0 Å². The molecule has 0 saturated carbocycles. The molecule has 1 aromatic rings. The first-order valence-electron chi connectivity index (χ1n) is 5.88.